The summed E-state index contributed by atoms with van der Waals surface area (Å²) in [6.45, 7) is 6.53. The number of amides is 1. The van der Waals surface area contributed by atoms with Crippen LogP contribution in [0.25, 0.3) is 11.3 Å². The van der Waals surface area contributed by atoms with Crippen molar-refractivity contribution >= 4 is 11.7 Å². The van der Waals surface area contributed by atoms with Crippen molar-refractivity contribution < 1.29 is 9.59 Å². The number of ketones is 1. The molecule has 0 saturated carbocycles. The number of aromatic amines is 1. The second-order valence-electron chi connectivity index (χ2n) is 8.71. The lowest BCUT2D eigenvalue weighted by Gasteiger charge is -2.34. The van der Waals surface area contributed by atoms with Crippen LogP contribution in [0.5, 0.6) is 0 Å². The number of likely N-dealkylation sites (N-methyl/N-ethyl adjacent to an activating group) is 1. The topological polar surface area (TPSA) is 69.3 Å². The summed E-state index contributed by atoms with van der Waals surface area (Å²) in [6, 6.07) is 17.2. The van der Waals surface area contributed by atoms with Crippen LogP contribution in [0.15, 0.2) is 60.8 Å². The maximum absolute atomic E-state index is 13.7. The molecule has 31 heavy (non-hydrogen) atoms. The third-order valence-electron chi connectivity index (χ3n) is 6.79. The second-order valence-corrected chi connectivity index (χ2v) is 8.71. The second kappa shape index (κ2) is 7.46. The summed E-state index contributed by atoms with van der Waals surface area (Å²) in [7, 11) is 0. The van der Waals surface area contributed by atoms with Gasteiger partial charge in [0.25, 0.3) is 5.91 Å². The summed E-state index contributed by atoms with van der Waals surface area (Å²) in [4.78, 5) is 31.1. The van der Waals surface area contributed by atoms with Crippen molar-refractivity contribution in [3.8, 4) is 11.3 Å². The third kappa shape index (κ3) is 3.10. The number of Topliss-reactive ketones (excluding diaryl/α,β-unsaturated/α-hetero) is 1. The molecule has 6 heteroatoms. The van der Waals surface area contributed by atoms with Gasteiger partial charge in [0.05, 0.1) is 28.9 Å². The summed E-state index contributed by atoms with van der Waals surface area (Å²) in [6.07, 6.45) is 1.86. The zero-order valence-electron chi connectivity index (χ0n) is 17.8. The van der Waals surface area contributed by atoms with Crippen molar-refractivity contribution in [1.29, 1.82) is 0 Å². The Bertz CT molecular complexity index is 1140. The average Bonchev–Trinajstić information content (AvgIpc) is 3.38. The summed E-state index contributed by atoms with van der Waals surface area (Å²) in [5.74, 6) is 0.0192. The summed E-state index contributed by atoms with van der Waals surface area (Å²) in [5, 5.41) is 7.39. The minimum atomic E-state index is -0.644. The minimum absolute atomic E-state index is 0.0460. The number of H-pyrrole nitrogens is 1. The van der Waals surface area contributed by atoms with E-state index in [2.05, 4.69) is 27.2 Å². The number of aromatic nitrogens is 2. The molecular weight excluding hydrogens is 388 g/mol. The first-order valence-electron chi connectivity index (χ1n) is 10.8. The van der Waals surface area contributed by atoms with Gasteiger partial charge in [0.15, 0.2) is 5.78 Å². The maximum Gasteiger partial charge on any atom is 0.254 e. The number of likely N-dealkylation sites (tertiary alicyclic amines) is 1. The number of rotatable bonds is 4. The Kier molecular flexibility index (Phi) is 4.74. The fourth-order valence-corrected chi connectivity index (χ4v) is 5.23. The zero-order valence-corrected chi connectivity index (χ0v) is 17.8. The number of hydrogen-bond acceptors (Lipinski definition) is 4. The Balaban J connectivity index is 1.48. The SMILES string of the molecule is CCN1C(=O)c2ccccc2C(=O)[C@@]2(C)CN(Cc3cn[nH]c3-c3ccccc3)C[C@@H]12. The van der Waals surface area contributed by atoms with E-state index < -0.39 is 5.41 Å². The Morgan fingerprint density at radius 3 is 2.52 bits per heavy atom. The predicted octanol–water partition coefficient (Wildman–Crippen LogP) is 3.63. The molecule has 1 saturated heterocycles. The highest BCUT2D eigenvalue weighted by Gasteiger charge is 2.54. The van der Waals surface area contributed by atoms with E-state index in [1.54, 1.807) is 12.1 Å². The van der Waals surface area contributed by atoms with E-state index in [0.717, 1.165) is 16.8 Å². The lowest BCUT2D eigenvalue weighted by atomic mass is 9.78. The highest BCUT2D eigenvalue weighted by Crippen LogP contribution is 2.41. The monoisotopic (exact) mass is 414 g/mol. The lowest BCUT2D eigenvalue weighted by molar-refractivity contribution is 0.0560. The molecule has 2 aromatic carbocycles. The van der Waals surface area contributed by atoms with Crippen LogP contribution in [0.4, 0.5) is 0 Å². The molecule has 0 aliphatic carbocycles. The van der Waals surface area contributed by atoms with Crippen LogP contribution >= 0.6 is 0 Å². The van der Waals surface area contributed by atoms with Crippen LogP contribution < -0.4 is 0 Å². The van der Waals surface area contributed by atoms with Crippen LogP contribution in [0.3, 0.4) is 0 Å². The van der Waals surface area contributed by atoms with Crippen LogP contribution in [-0.2, 0) is 6.54 Å². The molecule has 3 heterocycles. The number of nitrogens with zero attached hydrogens (tertiary/aromatic N) is 3. The summed E-state index contributed by atoms with van der Waals surface area (Å²) >= 11 is 0. The van der Waals surface area contributed by atoms with E-state index in [4.69, 9.17) is 0 Å². The largest absolute Gasteiger partial charge is 0.334 e. The highest BCUT2D eigenvalue weighted by molar-refractivity contribution is 6.12. The molecule has 0 radical (unpaired) electrons. The van der Waals surface area contributed by atoms with Crippen molar-refractivity contribution in [2.45, 2.75) is 26.4 Å². The van der Waals surface area contributed by atoms with Gasteiger partial charge >= 0.3 is 0 Å². The normalized spacial score (nSPS) is 23.5. The molecule has 1 aromatic heterocycles. The van der Waals surface area contributed by atoms with E-state index in [1.165, 1.54) is 0 Å². The number of carbonyl (C=O) groups excluding carboxylic acids is 2. The summed E-state index contributed by atoms with van der Waals surface area (Å²) in [5.41, 5.74) is 3.61. The van der Waals surface area contributed by atoms with Crippen LogP contribution in [0, 0.1) is 5.41 Å². The minimum Gasteiger partial charge on any atom is -0.334 e. The molecule has 6 nitrogen and oxygen atoms in total. The molecule has 0 bridgehead atoms. The molecular formula is C25H26N4O2. The van der Waals surface area contributed by atoms with Crippen LogP contribution in [0.2, 0.25) is 0 Å². The number of carbonyl (C=O) groups is 2. The molecule has 1 N–H and O–H groups in total. The number of nitrogens with one attached hydrogen (secondary N) is 1. The quantitative estimate of drug-likeness (QED) is 0.708. The first kappa shape index (κ1) is 19.7. The van der Waals surface area contributed by atoms with Gasteiger partial charge in [-0.05, 0) is 25.5 Å². The standard InChI is InChI=1S/C25H26N4O2/c1-3-29-21-15-28(14-18-13-26-27-22(18)17-9-5-4-6-10-17)16-25(21,2)23(30)19-11-7-8-12-20(19)24(29)31/h4-13,21H,3,14-16H2,1-2H3,(H,26,27)/t21-,25+/m1/s1. The fraction of sp³-hybridized carbons (Fsp3) is 0.320. The maximum atomic E-state index is 13.7. The number of fused-ring (bicyclic) bond motifs is 2. The van der Waals surface area contributed by atoms with Gasteiger partial charge in [-0.1, -0.05) is 48.5 Å². The first-order valence-corrected chi connectivity index (χ1v) is 10.8. The van der Waals surface area contributed by atoms with Crippen molar-refractivity contribution in [2.75, 3.05) is 19.6 Å². The van der Waals surface area contributed by atoms with Gasteiger partial charge in [-0.25, -0.2) is 0 Å². The van der Waals surface area contributed by atoms with Crippen LogP contribution in [0.1, 0.15) is 40.1 Å². The van der Waals surface area contributed by atoms with Gasteiger partial charge in [0.2, 0.25) is 0 Å². The highest BCUT2D eigenvalue weighted by atomic mass is 16.2. The first-order chi connectivity index (χ1) is 15.0. The van der Waals surface area contributed by atoms with E-state index in [9.17, 15) is 9.59 Å². The molecule has 1 amide bonds. The van der Waals surface area contributed by atoms with Gasteiger partial charge in [0.1, 0.15) is 0 Å². The average molecular weight is 415 g/mol. The van der Waals surface area contributed by atoms with Gasteiger partial charge in [-0.2, -0.15) is 5.10 Å². The Morgan fingerprint density at radius 1 is 1.06 bits per heavy atom. The van der Waals surface area contributed by atoms with Crippen molar-refractivity contribution in [2.24, 2.45) is 5.41 Å². The van der Waals surface area contributed by atoms with Gasteiger partial charge < -0.3 is 4.90 Å². The van der Waals surface area contributed by atoms with E-state index in [0.29, 0.717) is 37.3 Å². The molecule has 0 spiro atoms. The Morgan fingerprint density at radius 2 is 1.77 bits per heavy atom. The smallest absolute Gasteiger partial charge is 0.254 e. The van der Waals surface area contributed by atoms with Gasteiger partial charge in [-0.15, -0.1) is 0 Å². The molecule has 2 aliphatic rings. The van der Waals surface area contributed by atoms with Gasteiger partial charge in [0, 0.05) is 37.3 Å². The molecule has 1 fully saturated rings. The van der Waals surface area contributed by atoms with E-state index in [-0.39, 0.29) is 17.7 Å². The van der Waals surface area contributed by atoms with E-state index >= 15 is 0 Å². The Hall–Kier alpha value is -3.25. The lowest BCUT2D eigenvalue weighted by Crippen LogP contribution is -2.49. The van der Waals surface area contributed by atoms with Gasteiger partial charge in [-0.3, -0.25) is 19.6 Å². The van der Waals surface area contributed by atoms with Crippen molar-refractivity contribution in [3.05, 3.63) is 77.5 Å². The molecule has 3 aromatic rings. The Labute approximate surface area is 181 Å². The predicted molar refractivity (Wildman–Crippen MR) is 119 cm³/mol. The molecule has 5 rings (SSSR count). The molecule has 2 atom stereocenters. The molecule has 158 valence electrons. The van der Waals surface area contributed by atoms with Crippen molar-refractivity contribution in [1.82, 2.24) is 20.0 Å². The molecule has 2 aliphatic heterocycles. The van der Waals surface area contributed by atoms with E-state index in [1.807, 2.05) is 55.3 Å². The molecule has 0 unspecified atom stereocenters. The fourth-order valence-electron chi connectivity index (χ4n) is 5.23. The number of benzene rings is 2. The van der Waals surface area contributed by atoms with Crippen molar-refractivity contribution in [3.63, 3.8) is 0 Å². The van der Waals surface area contributed by atoms with Crippen LogP contribution in [-0.4, -0.2) is 57.4 Å². The third-order valence-corrected chi connectivity index (χ3v) is 6.79. The number of hydrogen-bond donors (Lipinski definition) is 1. The summed E-state index contributed by atoms with van der Waals surface area (Å²) < 4.78 is 0. The zero-order chi connectivity index (χ0) is 21.6.